The maximum Gasteiger partial charge on any atom is 0.224 e. The lowest BCUT2D eigenvalue weighted by atomic mass is 10.1. The zero-order chi connectivity index (χ0) is 13.9. The van der Waals surface area contributed by atoms with Crippen molar-refractivity contribution in [2.45, 2.75) is 25.3 Å². The average molecular weight is 286 g/mol. The number of hydrogen-bond acceptors (Lipinski definition) is 1. The van der Waals surface area contributed by atoms with Crippen molar-refractivity contribution in [2.24, 2.45) is 0 Å². The summed E-state index contributed by atoms with van der Waals surface area (Å²) in [4.78, 5) is 12.1. The fourth-order valence-electron chi connectivity index (χ4n) is 2.74. The molecular formula is C17H16ClNO. The van der Waals surface area contributed by atoms with Crippen molar-refractivity contribution in [3.63, 3.8) is 0 Å². The van der Waals surface area contributed by atoms with Crippen LogP contribution in [0, 0.1) is 0 Å². The van der Waals surface area contributed by atoms with E-state index >= 15 is 0 Å². The van der Waals surface area contributed by atoms with Crippen LogP contribution in [0.3, 0.4) is 0 Å². The molecule has 0 heterocycles. The van der Waals surface area contributed by atoms with Gasteiger partial charge in [0.2, 0.25) is 5.91 Å². The largest absolute Gasteiger partial charge is 0.349 e. The predicted octanol–water partition coefficient (Wildman–Crippen LogP) is 3.69. The van der Waals surface area contributed by atoms with Crippen LogP contribution >= 0.6 is 11.6 Å². The fourth-order valence-corrected chi connectivity index (χ4v) is 2.87. The molecule has 2 aromatic rings. The first-order valence-electron chi connectivity index (χ1n) is 6.84. The highest BCUT2D eigenvalue weighted by atomic mass is 35.5. The van der Waals surface area contributed by atoms with Crippen LogP contribution in [-0.4, -0.2) is 5.91 Å². The van der Waals surface area contributed by atoms with Crippen LogP contribution in [0.5, 0.6) is 0 Å². The van der Waals surface area contributed by atoms with Crippen LogP contribution < -0.4 is 5.32 Å². The molecule has 1 atom stereocenters. The van der Waals surface area contributed by atoms with Gasteiger partial charge in [0.15, 0.2) is 0 Å². The lowest BCUT2D eigenvalue weighted by molar-refractivity contribution is -0.121. The molecule has 3 rings (SSSR count). The number of carbonyl (C=O) groups excluding carboxylic acids is 1. The summed E-state index contributed by atoms with van der Waals surface area (Å²) < 4.78 is 0. The minimum atomic E-state index is 0.0639. The lowest BCUT2D eigenvalue weighted by Gasteiger charge is -2.14. The van der Waals surface area contributed by atoms with Gasteiger partial charge in [-0.15, -0.1) is 0 Å². The summed E-state index contributed by atoms with van der Waals surface area (Å²) in [5.74, 6) is 0.0639. The van der Waals surface area contributed by atoms with Crippen molar-refractivity contribution in [1.82, 2.24) is 5.32 Å². The number of aryl methyl sites for hydroxylation is 1. The molecule has 1 aliphatic rings. The SMILES string of the molecule is O=C(Cc1ccc(Cl)cc1)NC1CCc2ccccc21. The minimum Gasteiger partial charge on any atom is -0.349 e. The second-order valence-corrected chi connectivity index (χ2v) is 5.60. The maximum atomic E-state index is 12.1. The van der Waals surface area contributed by atoms with Gasteiger partial charge >= 0.3 is 0 Å². The molecule has 0 radical (unpaired) electrons. The summed E-state index contributed by atoms with van der Waals surface area (Å²) in [5.41, 5.74) is 3.60. The molecule has 1 aliphatic carbocycles. The third-order valence-corrected chi connectivity index (χ3v) is 4.00. The molecule has 1 unspecified atom stereocenters. The minimum absolute atomic E-state index is 0.0639. The van der Waals surface area contributed by atoms with E-state index in [0.29, 0.717) is 11.4 Å². The summed E-state index contributed by atoms with van der Waals surface area (Å²) >= 11 is 5.84. The predicted molar refractivity (Wildman–Crippen MR) is 80.8 cm³/mol. The zero-order valence-electron chi connectivity index (χ0n) is 11.1. The van der Waals surface area contributed by atoms with E-state index in [2.05, 4.69) is 23.5 Å². The maximum absolute atomic E-state index is 12.1. The quantitative estimate of drug-likeness (QED) is 0.916. The molecule has 2 aromatic carbocycles. The summed E-state index contributed by atoms with van der Waals surface area (Å²) in [6.07, 6.45) is 2.43. The molecular weight excluding hydrogens is 270 g/mol. The standard InChI is InChI=1S/C17H16ClNO/c18-14-8-5-12(6-9-14)11-17(20)19-16-10-7-13-3-1-2-4-15(13)16/h1-6,8-9,16H,7,10-11H2,(H,19,20). The van der Waals surface area contributed by atoms with E-state index in [4.69, 9.17) is 11.6 Å². The van der Waals surface area contributed by atoms with Crippen molar-refractivity contribution in [2.75, 3.05) is 0 Å². The first-order valence-corrected chi connectivity index (χ1v) is 7.22. The second kappa shape index (κ2) is 5.68. The van der Waals surface area contributed by atoms with Gasteiger partial charge in [-0.25, -0.2) is 0 Å². The van der Waals surface area contributed by atoms with Gasteiger partial charge in [-0.3, -0.25) is 4.79 Å². The molecule has 0 bridgehead atoms. The Morgan fingerprint density at radius 3 is 2.70 bits per heavy atom. The Kier molecular flexibility index (Phi) is 3.75. The van der Waals surface area contributed by atoms with Gasteiger partial charge in [0.05, 0.1) is 12.5 Å². The molecule has 0 fully saturated rings. The van der Waals surface area contributed by atoms with Crippen molar-refractivity contribution >= 4 is 17.5 Å². The van der Waals surface area contributed by atoms with Crippen LogP contribution in [0.2, 0.25) is 5.02 Å². The summed E-state index contributed by atoms with van der Waals surface area (Å²) in [5, 5.41) is 3.82. The van der Waals surface area contributed by atoms with E-state index in [0.717, 1.165) is 18.4 Å². The van der Waals surface area contributed by atoms with Gasteiger partial charge in [-0.1, -0.05) is 48.0 Å². The Hall–Kier alpha value is -1.80. The molecule has 0 aromatic heterocycles. The molecule has 102 valence electrons. The molecule has 3 heteroatoms. The third-order valence-electron chi connectivity index (χ3n) is 3.75. The molecule has 20 heavy (non-hydrogen) atoms. The monoisotopic (exact) mass is 285 g/mol. The lowest BCUT2D eigenvalue weighted by Crippen LogP contribution is -2.28. The summed E-state index contributed by atoms with van der Waals surface area (Å²) in [6, 6.07) is 15.9. The van der Waals surface area contributed by atoms with Gasteiger partial charge < -0.3 is 5.32 Å². The van der Waals surface area contributed by atoms with Gasteiger partial charge in [0.25, 0.3) is 0 Å². The van der Waals surface area contributed by atoms with Crippen molar-refractivity contribution in [3.8, 4) is 0 Å². The number of halogens is 1. The van der Waals surface area contributed by atoms with Gasteiger partial charge in [0, 0.05) is 5.02 Å². The highest BCUT2D eigenvalue weighted by molar-refractivity contribution is 6.30. The Morgan fingerprint density at radius 2 is 1.90 bits per heavy atom. The Morgan fingerprint density at radius 1 is 1.15 bits per heavy atom. The van der Waals surface area contributed by atoms with Crippen LogP contribution in [-0.2, 0) is 17.6 Å². The molecule has 0 aliphatic heterocycles. The average Bonchev–Trinajstić information content (AvgIpc) is 2.85. The number of benzene rings is 2. The molecule has 0 saturated heterocycles. The number of fused-ring (bicyclic) bond motifs is 1. The normalized spacial score (nSPS) is 16.8. The Labute approximate surface area is 123 Å². The van der Waals surface area contributed by atoms with E-state index in [-0.39, 0.29) is 11.9 Å². The Balaban J connectivity index is 1.64. The van der Waals surface area contributed by atoms with Gasteiger partial charge in [-0.2, -0.15) is 0 Å². The van der Waals surface area contributed by atoms with Crippen LogP contribution in [0.15, 0.2) is 48.5 Å². The fraction of sp³-hybridized carbons (Fsp3) is 0.235. The topological polar surface area (TPSA) is 29.1 Å². The summed E-state index contributed by atoms with van der Waals surface area (Å²) in [7, 11) is 0. The highest BCUT2D eigenvalue weighted by Crippen LogP contribution is 2.30. The number of nitrogens with one attached hydrogen (secondary N) is 1. The first-order chi connectivity index (χ1) is 9.72. The van der Waals surface area contributed by atoms with E-state index < -0.39 is 0 Å². The van der Waals surface area contributed by atoms with Gasteiger partial charge in [0.1, 0.15) is 0 Å². The van der Waals surface area contributed by atoms with E-state index in [1.807, 2.05) is 30.3 Å². The smallest absolute Gasteiger partial charge is 0.224 e. The van der Waals surface area contributed by atoms with Crippen molar-refractivity contribution in [3.05, 3.63) is 70.2 Å². The molecule has 1 amide bonds. The number of amides is 1. The number of carbonyl (C=O) groups is 1. The zero-order valence-corrected chi connectivity index (χ0v) is 11.9. The number of hydrogen-bond donors (Lipinski definition) is 1. The van der Waals surface area contributed by atoms with Crippen molar-refractivity contribution in [1.29, 1.82) is 0 Å². The highest BCUT2D eigenvalue weighted by Gasteiger charge is 2.23. The van der Waals surface area contributed by atoms with Gasteiger partial charge in [-0.05, 0) is 41.7 Å². The Bertz CT molecular complexity index is 621. The second-order valence-electron chi connectivity index (χ2n) is 5.16. The summed E-state index contributed by atoms with van der Waals surface area (Å²) in [6.45, 7) is 0. The van der Waals surface area contributed by atoms with E-state index in [1.165, 1.54) is 11.1 Å². The third kappa shape index (κ3) is 2.86. The number of rotatable bonds is 3. The molecule has 0 spiro atoms. The van der Waals surface area contributed by atoms with Crippen LogP contribution in [0.4, 0.5) is 0 Å². The van der Waals surface area contributed by atoms with E-state index in [1.54, 1.807) is 0 Å². The van der Waals surface area contributed by atoms with Crippen molar-refractivity contribution < 1.29 is 4.79 Å². The molecule has 2 nitrogen and oxygen atoms in total. The van der Waals surface area contributed by atoms with E-state index in [9.17, 15) is 4.79 Å². The molecule has 1 N–H and O–H groups in total. The van der Waals surface area contributed by atoms with Crippen LogP contribution in [0.1, 0.15) is 29.2 Å². The first kappa shape index (κ1) is 13.2. The van der Waals surface area contributed by atoms with Crippen LogP contribution in [0.25, 0.3) is 0 Å². The molecule has 0 saturated carbocycles.